The van der Waals surface area contributed by atoms with E-state index in [9.17, 15) is 9.59 Å². The molecule has 1 atom stereocenters. The molecule has 0 radical (unpaired) electrons. The third-order valence-electron chi connectivity index (χ3n) is 5.01. The lowest BCUT2D eigenvalue weighted by molar-refractivity contribution is -0.156. The molecule has 3 rings (SSSR count). The molecule has 0 aliphatic carbocycles. The van der Waals surface area contributed by atoms with Gasteiger partial charge in [-0.1, -0.05) is 36.4 Å². The summed E-state index contributed by atoms with van der Waals surface area (Å²) in [5.74, 6) is -0.0752. The lowest BCUT2D eigenvalue weighted by Gasteiger charge is -2.33. The highest BCUT2D eigenvalue weighted by Gasteiger charge is 2.27. The molecule has 1 aromatic heterocycles. The van der Waals surface area contributed by atoms with E-state index in [4.69, 9.17) is 4.74 Å². The number of nitrogens with zero attached hydrogens (tertiary/aromatic N) is 2. The van der Waals surface area contributed by atoms with Crippen LogP contribution in [-0.4, -0.2) is 41.0 Å². The molecule has 5 nitrogen and oxygen atoms in total. The van der Waals surface area contributed by atoms with Crippen molar-refractivity contribution >= 4 is 18.0 Å². The van der Waals surface area contributed by atoms with Gasteiger partial charge in [0.15, 0.2) is 6.10 Å². The molecule has 1 saturated heterocycles. The molecule has 28 heavy (non-hydrogen) atoms. The Balaban J connectivity index is 1.44. The lowest BCUT2D eigenvalue weighted by atomic mass is 9.90. The number of carbonyl (C=O) groups is 2. The maximum absolute atomic E-state index is 12.6. The van der Waals surface area contributed by atoms with Gasteiger partial charge in [0, 0.05) is 25.4 Å². The molecule has 5 heteroatoms. The van der Waals surface area contributed by atoms with Gasteiger partial charge in [-0.05, 0) is 55.9 Å². The Hall–Kier alpha value is -2.95. The number of esters is 1. The summed E-state index contributed by atoms with van der Waals surface area (Å²) in [7, 11) is 0. The number of aromatic nitrogens is 1. The fourth-order valence-corrected chi connectivity index (χ4v) is 3.45. The largest absolute Gasteiger partial charge is 0.449 e. The van der Waals surface area contributed by atoms with Crippen molar-refractivity contribution < 1.29 is 14.3 Å². The number of piperidine rings is 1. The van der Waals surface area contributed by atoms with Crippen molar-refractivity contribution in [3.05, 3.63) is 72.1 Å². The fourth-order valence-electron chi connectivity index (χ4n) is 3.45. The summed E-state index contributed by atoms with van der Waals surface area (Å²) in [6.45, 7) is 3.05. The molecule has 1 amide bonds. The maximum atomic E-state index is 12.6. The number of carbonyl (C=O) groups excluding carboxylic acids is 2. The van der Waals surface area contributed by atoms with Crippen LogP contribution in [0.1, 0.15) is 31.0 Å². The summed E-state index contributed by atoms with van der Waals surface area (Å²) >= 11 is 0. The Bertz CT molecular complexity index is 797. The summed E-state index contributed by atoms with van der Waals surface area (Å²) in [5, 5.41) is 0. The first-order valence-corrected chi connectivity index (χ1v) is 9.74. The molecular weight excluding hydrogens is 352 g/mol. The highest BCUT2D eigenvalue weighted by molar-refractivity contribution is 5.90. The van der Waals surface area contributed by atoms with Gasteiger partial charge < -0.3 is 9.64 Å². The predicted octanol–water partition coefficient (Wildman–Crippen LogP) is 3.51. The van der Waals surface area contributed by atoms with E-state index in [0.717, 1.165) is 19.3 Å². The van der Waals surface area contributed by atoms with Gasteiger partial charge in [-0.2, -0.15) is 0 Å². The molecule has 2 aromatic rings. The van der Waals surface area contributed by atoms with Crippen LogP contribution in [0.25, 0.3) is 6.08 Å². The van der Waals surface area contributed by atoms with E-state index in [-0.39, 0.29) is 5.91 Å². The topological polar surface area (TPSA) is 59.5 Å². The molecule has 1 aromatic carbocycles. The van der Waals surface area contributed by atoms with Crippen LogP contribution in [0.2, 0.25) is 0 Å². The van der Waals surface area contributed by atoms with Crippen LogP contribution in [-0.2, 0) is 20.7 Å². The van der Waals surface area contributed by atoms with Crippen molar-refractivity contribution in [3.63, 3.8) is 0 Å². The van der Waals surface area contributed by atoms with Crippen molar-refractivity contribution in [3.8, 4) is 0 Å². The van der Waals surface area contributed by atoms with E-state index in [0.29, 0.717) is 24.7 Å². The third-order valence-corrected chi connectivity index (χ3v) is 5.01. The van der Waals surface area contributed by atoms with Gasteiger partial charge in [0.05, 0.1) is 5.69 Å². The van der Waals surface area contributed by atoms with Crippen LogP contribution in [0.3, 0.4) is 0 Å². The Morgan fingerprint density at radius 3 is 2.54 bits per heavy atom. The summed E-state index contributed by atoms with van der Waals surface area (Å²) in [5.41, 5.74) is 2.01. The standard InChI is InChI=1S/C23H26N2O3/c1-18(28-22(26)11-10-21-9-5-6-14-24-21)23(27)25-15-12-20(13-16-25)17-19-7-3-2-4-8-19/h2-11,14,18,20H,12-13,15-17H2,1H3. The monoisotopic (exact) mass is 378 g/mol. The number of likely N-dealkylation sites (tertiary alicyclic amines) is 1. The fraction of sp³-hybridized carbons (Fsp3) is 0.348. The van der Waals surface area contributed by atoms with Gasteiger partial charge in [0.25, 0.3) is 5.91 Å². The first kappa shape index (κ1) is 19.8. The number of hydrogen-bond acceptors (Lipinski definition) is 4. The normalized spacial score (nSPS) is 16.1. The molecule has 0 bridgehead atoms. The summed E-state index contributed by atoms with van der Waals surface area (Å²) in [6, 6.07) is 15.9. The minimum Gasteiger partial charge on any atom is -0.449 e. The summed E-state index contributed by atoms with van der Waals surface area (Å²) < 4.78 is 5.26. The molecule has 0 saturated carbocycles. The van der Waals surface area contributed by atoms with Crippen molar-refractivity contribution in [2.24, 2.45) is 5.92 Å². The Morgan fingerprint density at radius 2 is 1.86 bits per heavy atom. The number of ether oxygens (including phenoxy) is 1. The van der Waals surface area contributed by atoms with Gasteiger partial charge in [0.1, 0.15) is 0 Å². The summed E-state index contributed by atoms with van der Waals surface area (Å²) in [4.78, 5) is 30.5. The first-order valence-electron chi connectivity index (χ1n) is 9.74. The van der Waals surface area contributed by atoms with Crippen molar-refractivity contribution in [2.75, 3.05) is 13.1 Å². The van der Waals surface area contributed by atoms with Crippen LogP contribution in [0.15, 0.2) is 60.8 Å². The molecule has 1 unspecified atom stereocenters. The number of rotatable bonds is 6. The average Bonchev–Trinajstić information content (AvgIpc) is 2.74. The Morgan fingerprint density at radius 1 is 1.14 bits per heavy atom. The molecular formula is C23H26N2O3. The van der Waals surface area contributed by atoms with Crippen LogP contribution in [0.5, 0.6) is 0 Å². The highest BCUT2D eigenvalue weighted by Crippen LogP contribution is 2.22. The third kappa shape index (κ3) is 5.78. The summed E-state index contributed by atoms with van der Waals surface area (Å²) in [6.07, 6.45) is 6.74. The van der Waals surface area contributed by atoms with E-state index >= 15 is 0 Å². The van der Waals surface area contributed by atoms with Crippen LogP contribution >= 0.6 is 0 Å². The number of hydrogen-bond donors (Lipinski definition) is 0. The van der Waals surface area contributed by atoms with Gasteiger partial charge >= 0.3 is 5.97 Å². The van der Waals surface area contributed by atoms with E-state index in [1.54, 1.807) is 31.3 Å². The zero-order valence-electron chi connectivity index (χ0n) is 16.2. The second kappa shape index (κ2) is 9.83. The Kier molecular flexibility index (Phi) is 6.95. The smallest absolute Gasteiger partial charge is 0.331 e. The van der Waals surface area contributed by atoms with Gasteiger partial charge in [-0.25, -0.2) is 4.79 Å². The van der Waals surface area contributed by atoms with E-state index in [1.165, 1.54) is 11.6 Å². The average molecular weight is 378 g/mol. The van der Waals surface area contributed by atoms with Gasteiger partial charge in [0.2, 0.25) is 0 Å². The maximum Gasteiger partial charge on any atom is 0.331 e. The number of amides is 1. The molecule has 2 heterocycles. The quantitative estimate of drug-likeness (QED) is 0.570. The number of pyridine rings is 1. The molecule has 146 valence electrons. The SMILES string of the molecule is CC(OC(=O)C=Cc1ccccn1)C(=O)N1CCC(Cc2ccccc2)CC1. The van der Waals surface area contributed by atoms with E-state index in [1.807, 2.05) is 17.0 Å². The molecule has 1 aliphatic heterocycles. The minimum atomic E-state index is -0.786. The van der Waals surface area contributed by atoms with E-state index in [2.05, 4.69) is 29.2 Å². The first-order chi connectivity index (χ1) is 13.6. The zero-order valence-corrected chi connectivity index (χ0v) is 16.2. The second-order valence-corrected chi connectivity index (χ2v) is 7.13. The molecule has 0 N–H and O–H groups in total. The van der Waals surface area contributed by atoms with Crippen molar-refractivity contribution in [1.82, 2.24) is 9.88 Å². The van der Waals surface area contributed by atoms with Crippen molar-refractivity contribution in [1.29, 1.82) is 0 Å². The van der Waals surface area contributed by atoms with Crippen LogP contribution < -0.4 is 0 Å². The number of benzene rings is 1. The lowest BCUT2D eigenvalue weighted by Crippen LogP contribution is -2.44. The zero-order chi connectivity index (χ0) is 19.8. The molecule has 1 aliphatic rings. The Labute approximate surface area is 166 Å². The molecule has 1 fully saturated rings. The van der Waals surface area contributed by atoms with Crippen molar-refractivity contribution in [2.45, 2.75) is 32.3 Å². The predicted molar refractivity (Wildman–Crippen MR) is 108 cm³/mol. The highest BCUT2D eigenvalue weighted by atomic mass is 16.5. The second-order valence-electron chi connectivity index (χ2n) is 7.13. The molecule has 0 spiro atoms. The van der Waals surface area contributed by atoms with Gasteiger partial charge in [-0.15, -0.1) is 0 Å². The van der Waals surface area contributed by atoms with E-state index < -0.39 is 12.1 Å². The van der Waals surface area contributed by atoms with Crippen LogP contribution in [0.4, 0.5) is 0 Å². The van der Waals surface area contributed by atoms with Gasteiger partial charge in [-0.3, -0.25) is 9.78 Å². The minimum absolute atomic E-state index is 0.127. The van der Waals surface area contributed by atoms with Crippen LogP contribution in [0, 0.1) is 5.92 Å².